The molecule has 0 radical (unpaired) electrons. The lowest BCUT2D eigenvalue weighted by molar-refractivity contribution is -0.141. The highest BCUT2D eigenvalue weighted by Gasteiger charge is 2.05. The van der Waals surface area contributed by atoms with E-state index in [9.17, 15) is 4.79 Å². The van der Waals surface area contributed by atoms with Crippen LogP contribution in [0.25, 0.3) is 17.6 Å². The number of hydrogen-bond donors (Lipinski definition) is 0. The lowest BCUT2D eigenvalue weighted by Crippen LogP contribution is -2.08. The normalized spacial score (nSPS) is 11.4. The van der Waals surface area contributed by atoms with E-state index in [-0.39, 0.29) is 6.10 Å². The van der Waals surface area contributed by atoms with Crippen LogP contribution in [0.3, 0.4) is 0 Å². The molecule has 0 N–H and O–H groups in total. The van der Waals surface area contributed by atoms with Crippen LogP contribution in [0, 0.1) is 6.92 Å². The van der Waals surface area contributed by atoms with E-state index in [1.54, 1.807) is 31.5 Å². The Morgan fingerprint density at radius 3 is 2.95 bits per heavy atom. The molecular weight excluding hydrogens is 262 g/mol. The standard InChI is InChI=1S/C13H15N3O2S/c1-9(2)18-12(17)4-5-16-8-14-13(15-16)11-6-10(3)19-7-11/h4-9H,1-3H3/b5-4-. The number of aryl methyl sites for hydroxylation is 1. The number of hydrogen-bond acceptors (Lipinski definition) is 5. The van der Waals surface area contributed by atoms with Crippen molar-refractivity contribution >= 4 is 23.5 Å². The number of aromatic nitrogens is 3. The van der Waals surface area contributed by atoms with Gasteiger partial charge < -0.3 is 4.74 Å². The van der Waals surface area contributed by atoms with Gasteiger partial charge in [0.2, 0.25) is 0 Å². The Morgan fingerprint density at radius 2 is 2.32 bits per heavy atom. The molecule has 0 amide bonds. The quantitative estimate of drug-likeness (QED) is 0.637. The first-order valence-corrected chi connectivity index (χ1v) is 6.78. The van der Waals surface area contributed by atoms with Crippen LogP contribution in [0.15, 0.2) is 23.8 Å². The maximum atomic E-state index is 11.3. The second-order valence-corrected chi connectivity index (χ2v) is 5.41. The Morgan fingerprint density at radius 1 is 1.53 bits per heavy atom. The van der Waals surface area contributed by atoms with Crippen molar-refractivity contribution in [2.24, 2.45) is 0 Å². The summed E-state index contributed by atoms with van der Waals surface area (Å²) in [6, 6.07) is 2.03. The van der Waals surface area contributed by atoms with Gasteiger partial charge in [-0.3, -0.25) is 0 Å². The number of thiophene rings is 1. The maximum absolute atomic E-state index is 11.3. The smallest absolute Gasteiger partial charge is 0.332 e. The molecule has 0 bridgehead atoms. The molecule has 0 fully saturated rings. The minimum absolute atomic E-state index is 0.128. The molecule has 0 aromatic carbocycles. The maximum Gasteiger partial charge on any atom is 0.332 e. The number of rotatable bonds is 4. The molecule has 0 saturated heterocycles. The number of nitrogens with zero attached hydrogens (tertiary/aromatic N) is 3. The Balaban J connectivity index is 2.05. The van der Waals surface area contributed by atoms with Gasteiger partial charge in [0, 0.05) is 28.1 Å². The Bertz CT molecular complexity index is 599. The van der Waals surface area contributed by atoms with Crippen LogP contribution >= 0.6 is 11.3 Å². The molecule has 2 rings (SSSR count). The van der Waals surface area contributed by atoms with E-state index in [1.165, 1.54) is 21.8 Å². The second kappa shape index (κ2) is 5.79. The fourth-order valence-electron chi connectivity index (χ4n) is 1.45. The molecule has 0 spiro atoms. The van der Waals surface area contributed by atoms with E-state index in [2.05, 4.69) is 10.1 Å². The molecule has 2 aromatic heterocycles. The molecule has 2 aromatic rings. The van der Waals surface area contributed by atoms with Gasteiger partial charge in [-0.25, -0.2) is 14.5 Å². The van der Waals surface area contributed by atoms with Gasteiger partial charge in [-0.2, -0.15) is 0 Å². The Kier molecular flexibility index (Phi) is 4.11. The van der Waals surface area contributed by atoms with Gasteiger partial charge in [0.25, 0.3) is 0 Å². The van der Waals surface area contributed by atoms with Crippen LogP contribution in [0.4, 0.5) is 0 Å². The molecule has 19 heavy (non-hydrogen) atoms. The number of ether oxygens (including phenoxy) is 1. The molecular formula is C13H15N3O2S. The van der Waals surface area contributed by atoms with Crippen molar-refractivity contribution in [1.29, 1.82) is 0 Å². The first-order valence-electron chi connectivity index (χ1n) is 5.90. The summed E-state index contributed by atoms with van der Waals surface area (Å²) in [7, 11) is 0. The third kappa shape index (κ3) is 3.75. The molecule has 100 valence electrons. The number of carbonyl (C=O) groups is 1. The first kappa shape index (κ1) is 13.5. The molecule has 0 aliphatic carbocycles. The fourth-order valence-corrected chi connectivity index (χ4v) is 2.13. The van der Waals surface area contributed by atoms with Crippen molar-refractivity contribution in [3.05, 3.63) is 28.7 Å². The summed E-state index contributed by atoms with van der Waals surface area (Å²) >= 11 is 1.65. The van der Waals surface area contributed by atoms with Crippen molar-refractivity contribution in [3.63, 3.8) is 0 Å². The zero-order valence-electron chi connectivity index (χ0n) is 11.0. The third-order valence-corrected chi connectivity index (χ3v) is 3.07. The summed E-state index contributed by atoms with van der Waals surface area (Å²) < 4.78 is 6.47. The summed E-state index contributed by atoms with van der Waals surface area (Å²) in [4.78, 5) is 16.7. The van der Waals surface area contributed by atoms with Gasteiger partial charge in [-0.15, -0.1) is 16.4 Å². The van der Waals surface area contributed by atoms with E-state index < -0.39 is 5.97 Å². The SMILES string of the molecule is Cc1cc(-c2ncn(/C=C\C(=O)OC(C)C)n2)cs1. The van der Waals surface area contributed by atoms with Gasteiger partial charge in [0.15, 0.2) is 5.82 Å². The van der Waals surface area contributed by atoms with Crippen molar-refractivity contribution in [2.45, 2.75) is 26.9 Å². The first-order chi connectivity index (χ1) is 9.04. The van der Waals surface area contributed by atoms with Crippen LogP contribution in [0.5, 0.6) is 0 Å². The van der Waals surface area contributed by atoms with Crippen LogP contribution < -0.4 is 0 Å². The summed E-state index contributed by atoms with van der Waals surface area (Å²) in [6.07, 6.45) is 4.29. The minimum atomic E-state index is -0.390. The van der Waals surface area contributed by atoms with Crippen molar-refractivity contribution < 1.29 is 9.53 Å². The van der Waals surface area contributed by atoms with Crippen molar-refractivity contribution in [2.75, 3.05) is 0 Å². The lowest BCUT2D eigenvalue weighted by atomic mass is 10.3. The average molecular weight is 277 g/mol. The Hall–Kier alpha value is -1.95. The van der Waals surface area contributed by atoms with Crippen LogP contribution in [0.1, 0.15) is 18.7 Å². The van der Waals surface area contributed by atoms with Crippen molar-refractivity contribution in [1.82, 2.24) is 14.8 Å². The van der Waals surface area contributed by atoms with Gasteiger partial charge in [0.05, 0.1) is 6.10 Å². The monoisotopic (exact) mass is 277 g/mol. The molecule has 0 unspecified atom stereocenters. The molecule has 0 aliphatic rings. The van der Waals surface area contributed by atoms with Crippen LogP contribution in [-0.4, -0.2) is 26.8 Å². The zero-order chi connectivity index (χ0) is 13.8. The second-order valence-electron chi connectivity index (χ2n) is 4.30. The van der Waals surface area contributed by atoms with Crippen LogP contribution in [-0.2, 0) is 9.53 Å². The van der Waals surface area contributed by atoms with E-state index in [1.807, 2.05) is 18.4 Å². The summed E-state index contributed by atoms with van der Waals surface area (Å²) in [5.74, 6) is 0.254. The highest BCUT2D eigenvalue weighted by atomic mass is 32.1. The summed E-state index contributed by atoms with van der Waals surface area (Å²) in [5.41, 5.74) is 0.986. The fraction of sp³-hybridized carbons (Fsp3) is 0.308. The van der Waals surface area contributed by atoms with Gasteiger partial charge >= 0.3 is 5.97 Å². The number of esters is 1. The highest BCUT2D eigenvalue weighted by molar-refractivity contribution is 7.10. The summed E-state index contributed by atoms with van der Waals surface area (Å²) in [5, 5.41) is 6.27. The lowest BCUT2D eigenvalue weighted by Gasteiger charge is -2.03. The van der Waals surface area contributed by atoms with Gasteiger partial charge in [-0.05, 0) is 26.8 Å². The predicted molar refractivity (Wildman–Crippen MR) is 74.6 cm³/mol. The topological polar surface area (TPSA) is 57.0 Å². The largest absolute Gasteiger partial charge is 0.460 e. The summed E-state index contributed by atoms with van der Waals surface area (Å²) in [6.45, 7) is 5.64. The van der Waals surface area contributed by atoms with E-state index >= 15 is 0 Å². The Labute approximate surface area is 115 Å². The van der Waals surface area contributed by atoms with E-state index in [0.29, 0.717) is 5.82 Å². The molecule has 6 heteroatoms. The third-order valence-electron chi connectivity index (χ3n) is 2.21. The van der Waals surface area contributed by atoms with Crippen molar-refractivity contribution in [3.8, 4) is 11.4 Å². The molecule has 5 nitrogen and oxygen atoms in total. The minimum Gasteiger partial charge on any atom is -0.460 e. The highest BCUT2D eigenvalue weighted by Crippen LogP contribution is 2.21. The molecule has 0 atom stereocenters. The predicted octanol–water partition coefficient (Wildman–Crippen LogP) is 2.74. The van der Waals surface area contributed by atoms with Crippen LogP contribution in [0.2, 0.25) is 0 Å². The van der Waals surface area contributed by atoms with E-state index in [4.69, 9.17) is 4.74 Å². The molecule has 2 heterocycles. The van der Waals surface area contributed by atoms with Gasteiger partial charge in [-0.1, -0.05) is 0 Å². The van der Waals surface area contributed by atoms with E-state index in [0.717, 1.165) is 5.56 Å². The number of carbonyl (C=O) groups excluding carboxylic acids is 1. The molecule has 0 aliphatic heterocycles. The van der Waals surface area contributed by atoms with Gasteiger partial charge in [0.1, 0.15) is 6.33 Å². The zero-order valence-corrected chi connectivity index (χ0v) is 11.8. The molecule has 0 saturated carbocycles. The average Bonchev–Trinajstić information content (AvgIpc) is 2.94.